The van der Waals surface area contributed by atoms with Gasteiger partial charge in [0.1, 0.15) is 0 Å². The van der Waals surface area contributed by atoms with Crippen molar-refractivity contribution in [2.75, 3.05) is 0 Å². The molecule has 1 unspecified atom stereocenters. The SMILES string of the molecule is C=C.[CH2]C.[CH2]c1c(C(C)(C)C)cc(C([CH2])([CH2])C2=CCC(c3ccccc3)C=C2)cc1C(C)(C)C. The van der Waals surface area contributed by atoms with Crippen LogP contribution in [-0.2, 0) is 16.2 Å². The molecule has 0 amide bonds. The summed E-state index contributed by atoms with van der Waals surface area (Å²) in [5, 5.41) is 0. The number of rotatable bonds is 3. The predicted molar refractivity (Wildman–Crippen MR) is 154 cm³/mol. The second-order valence-corrected chi connectivity index (χ2v) is 10.9. The van der Waals surface area contributed by atoms with Gasteiger partial charge in [-0.25, -0.2) is 0 Å². The molecule has 0 bridgehead atoms. The van der Waals surface area contributed by atoms with Crippen molar-refractivity contribution in [1.29, 1.82) is 0 Å². The number of hydrogen-bond acceptors (Lipinski definition) is 0. The van der Waals surface area contributed by atoms with Crippen molar-refractivity contribution in [3.05, 3.63) is 135 Å². The van der Waals surface area contributed by atoms with E-state index >= 15 is 0 Å². The third-order valence-corrected chi connectivity index (χ3v) is 6.30. The van der Waals surface area contributed by atoms with E-state index in [0.29, 0.717) is 5.92 Å². The average Bonchev–Trinajstić information content (AvgIpc) is 2.81. The summed E-state index contributed by atoms with van der Waals surface area (Å²) in [7, 11) is 0. The zero-order valence-electron chi connectivity index (χ0n) is 22.8. The summed E-state index contributed by atoms with van der Waals surface area (Å²) in [6, 6.07) is 15.3. The zero-order valence-corrected chi connectivity index (χ0v) is 22.8. The fourth-order valence-corrected chi connectivity index (χ4v) is 4.38. The monoisotopic (exact) mass is 454 g/mol. The molecule has 1 aliphatic rings. The van der Waals surface area contributed by atoms with Gasteiger partial charge in [-0.15, -0.1) is 13.2 Å². The Bertz CT molecular complexity index is 934. The maximum atomic E-state index is 4.59. The molecule has 0 heteroatoms. The van der Waals surface area contributed by atoms with Crippen LogP contribution in [0.1, 0.15) is 88.6 Å². The first-order valence-electron chi connectivity index (χ1n) is 12.2. The normalized spacial score (nSPS) is 16.0. The van der Waals surface area contributed by atoms with Crippen molar-refractivity contribution in [3.63, 3.8) is 0 Å². The molecule has 0 aromatic heterocycles. The summed E-state index contributed by atoms with van der Waals surface area (Å²) >= 11 is 0. The summed E-state index contributed by atoms with van der Waals surface area (Å²) in [5.74, 6) is 0.420. The van der Waals surface area contributed by atoms with E-state index in [1.165, 1.54) is 27.8 Å². The average molecular weight is 455 g/mol. The molecule has 0 spiro atoms. The Morgan fingerprint density at radius 3 is 1.65 bits per heavy atom. The summed E-state index contributed by atoms with van der Waals surface area (Å²) < 4.78 is 0. The lowest BCUT2D eigenvalue weighted by atomic mass is 9.69. The Hall–Kier alpha value is -2.34. The van der Waals surface area contributed by atoms with Gasteiger partial charge in [0.05, 0.1) is 0 Å². The first-order chi connectivity index (χ1) is 15.8. The lowest BCUT2D eigenvalue weighted by Gasteiger charge is -2.35. The molecule has 0 N–H and O–H groups in total. The predicted octanol–water partition coefficient (Wildman–Crippen LogP) is 9.68. The van der Waals surface area contributed by atoms with E-state index < -0.39 is 5.41 Å². The van der Waals surface area contributed by atoms with Gasteiger partial charge in [-0.3, -0.25) is 0 Å². The second-order valence-electron chi connectivity index (χ2n) is 10.9. The molecule has 0 heterocycles. The fraction of sp³-hybridized carbons (Fsp3) is 0.353. The Balaban J connectivity index is 0.00000137. The van der Waals surface area contributed by atoms with Gasteiger partial charge < -0.3 is 0 Å². The van der Waals surface area contributed by atoms with E-state index in [2.05, 4.69) is 143 Å². The van der Waals surface area contributed by atoms with E-state index in [1.807, 2.05) is 0 Å². The van der Waals surface area contributed by atoms with Crippen LogP contribution in [0.25, 0.3) is 0 Å². The van der Waals surface area contributed by atoms with E-state index in [1.54, 1.807) is 6.92 Å². The quantitative estimate of drug-likeness (QED) is 0.405. The zero-order chi connectivity index (χ0) is 26.3. The van der Waals surface area contributed by atoms with Gasteiger partial charge in [0.15, 0.2) is 0 Å². The highest BCUT2D eigenvalue weighted by molar-refractivity contribution is 5.54. The molecule has 34 heavy (non-hydrogen) atoms. The topological polar surface area (TPSA) is 0 Å². The Morgan fingerprint density at radius 1 is 0.794 bits per heavy atom. The highest BCUT2D eigenvalue weighted by Crippen LogP contribution is 2.42. The van der Waals surface area contributed by atoms with Gasteiger partial charge in [0.25, 0.3) is 0 Å². The Labute approximate surface area is 211 Å². The number of allylic oxidation sites excluding steroid dienone is 4. The highest BCUT2D eigenvalue weighted by atomic mass is 14.4. The molecule has 0 nitrogen and oxygen atoms in total. The van der Waals surface area contributed by atoms with Crippen LogP contribution in [0.4, 0.5) is 0 Å². The van der Waals surface area contributed by atoms with Crippen molar-refractivity contribution in [1.82, 2.24) is 0 Å². The van der Waals surface area contributed by atoms with Crippen molar-refractivity contribution in [2.24, 2.45) is 0 Å². The second kappa shape index (κ2) is 11.9. The molecular formula is C34H46. The third-order valence-electron chi connectivity index (χ3n) is 6.30. The number of benzene rings is 2. The minimum absolute atomic E-state index is 0.0123. The van der Waals surface area contributed by atoms with Crippen LogP contribution in [0.5, 0.6) is 0 Å². The molecule has 2 aromatic rings. The van der Waals surface area contributed by atoms with Crippen LogP contribution in [0.15, 0.2) is 79.4 Å². The van der Waals surface area contributed by atoms with Gasteiger partial charge in [-0.2, -0.15) is 0 Å². The van der Waals surface area contributed by atoms with Gasteiger partial charge >= 0.3 is 0 Å². The fourth-order valence-electron chi connectivity index (χ4n) is 4.38. The molecule has 0 aliphatic heterocycles. The molecule has 4 radical (unpaired) electrons. The van der Waals surface area contributed by atoms with Gasteiger partial charge in [0.2, 0.25) is 0 Å². The molecule has 2 aromatic carbocycles. The van der Waals surface area contributed by atoms with Crippen LogP contribution < -0.4 is 0 Å². The summed E-state index contributed by atoms with van der Waals surface area (Å²) in [5.41, 5.74) is 6.89. The maximum Gasteiger partial charge on any atom is 0.0200 e. The van der Waals surface area contributed by atoms with E-state index in [9.17, 15) is 0 Å². The maximum absolute atomic E-state index is 4.59. The van der Waals surface area contributed by atoms with Crippen LogP contribution in [0.3, 0.4) is 0 Å². The minimum Gasteiger partial charge on any atom is -0.106 e. The molecule has 1 atom stereocenters. The van der Waals surface area contributed by atoms with Gasteiger partial charge in [-0.1, -0.05) is 116 Å². The first kappa shape index (κ1) is 29.7. The van der Waals surface area contributed by atoms with Crippen molar-refractivity contribution in [3.8, 4) is 0 Å². The number of hydrogen-bond donors (Lipinski definition) is 0. The summed E-state index contributed by atoms with van der Waals surface area (Å²) in [4.78, 5) is 0. The van der Waals surface area contributed by atoms with Gasteiger partial charge in [-0.05, 0) is 71.4 Å². The Morgan fingerprint density at radius 2 is 1.26 bits per heavy atom. The molecule has 0 saturated heterocycles. The van der Waals surface area contributed by atoms with Crippen LogP contribution in [-0.4, -0.2) is 0 Å². The van der Waals surface area contributed by atoms with Crippen LogP contribution in [0.2, 0.25) is 0 Å². The lowest BCUT2D eigenvalue weighted by Crippen LogP contribution is -2.26. The standard InChI is InChI=1S/C30H37.C2H5.C2H4/c1-21-26(28(2,3)4)19-25(20-27(21)29(5,6)7)30(8,9)24-17-15-23(16-18-24)22-13-11-10-12-14-22;2*1-2/h10-15,17-20,23H,1,8-9,16H2,2-7H3;1H2,2H3;1-2H2. The highest BCUT2D eigenvalue weighted by Gasteiger charge is 2.31. The Kier molecular flexibility index (Phi) is 10.4. The minimum atomic E-state index is -0.550. The third kappa shape index (κ3) is 6.84. The molecular weight excluding hydrogens is 408 g/mol. The van der Waals surface area contributed by atoms with Crippen molar-refractivity contribution >= 4 is 0 Å². The summed E-state index contributed by atoms with van der Waals surface area (Å²) in [6.45, 7) is 38.2. The largest absolute Gasteiger partial charge is 0.106 e. The lowest BCUT2D eigenvalue weighted by molar-refractivity contribution is 0.560. The van der Waals surface area contributed by atoms with E-state index in [0.717, 1.165) is 12.0 Å². The molecule has 182 valence electrons. The molecule has 0 saturated carbocycles. The van der Waals surface area contributed by atoms with Gasteiger partial charge in [0, 0.05) is 11.3 Å². The smallest absolute Gasteiger partial charge is 0.0200 e. The van der Waals surface area contributed by atoms with Crippen molar-refractivity contribution < 1.29 is 0 Å². The van der Waals surface area contributed by atoms with E-state index in [4.69, 9.17) is 0 Å². The summed E-state index contributed by atoms with van der Waals surface area (Å²) in [6.07, 6.45) is 7.84. The van der Waals surface area contributed by atoms with Crippen LogP contribution in [0, 0.1) is 27.7 Å². The van der Waals surface area contributed by atoms with Crippen LogP contribution >= 0.6 is 0 Å². The molecule has 1 aliphatic carbocycles. The molecule has 0 fully saturated rings. The molecule has 3 rings (SSSR count). The van der Waals surface area contributed by atoms with E-state index in [-0.39, 0.29) is 10.8 Å². The first-order valence-corrected chi connectivity index (χ1v) is 12.2. The van der Waals surface area contributed by atoms with Crippen molar-refractivity contribution in [2.45, 2.75) is 77.0 Å².